The average molecular weight is 295 g/mol. The van der Waals surface area contributed by atoms with Crippen molar-refractivity contribution in [3.8, 4) is 0 Å². The molecule has 2 amide bonds. The summed E-state index contributed by atoms with van der Waals surface area (Å²) in [5, 5.41) is 4.52. The van der Waals surface area contributed by atoms with Gasteiger partial charge in [0.05, 0.1) is 10.6 Å². The number of nitrogens with one attached hydrogen (secondary N) is 2. The van der Waals surface area contributed by atoms with Crippen LogP contribution in [0.1, 0.15) is 25.8 Å². The Morgan fingerprint density at radius 2 is 2.05 bits per heavy atom. The largest absolute Gasteiger partial charge is 0.417 e. The first-order valence-electron chi connectivity index (χ1n) is 5.68. The van der Waals surface area contributed by atoms with E-state index in [4.69, 9.17) is 11.6 Å². The Labute approximate surface area is 114 Å². The number of urea groups is 1. The van der Waals surface area contributed by atoms with E-state index in [0.29, 0.717) is 0 Å². The molecule has 106 valence electrons. The highest BCUT2D eigenvalue weighted by Gasteiger charge is 2.33. The fourth-order valence-corrected chi connectivity index (χ4v) is 1.54. The first-order chi connectivity index (χ1) is 8.74. The number of anilines is 1. The molecule has 0 aliphatic carbocycles. The Balaban J connectivity index is 2.83. The quantitative estimate of drug-likeness (QED) is 0.858. The minimum Gasteiger partial charge on any atom is -0.335 e. The van der Waals surface area contributed by atoms with Crippen LogP contribution in [-0.2, 0) is 6.18 Å². The molecule has 0 saturated heterocycles. The van der Waals surface area contributed by atoms with E-state index in [2.05, 4.69) is 10.6 Å². The van der Waals surface area contributed by atoms with Gasteiger partial charge >= 0.3 is 12.2 Å². The van der Waals surface area contributed by atoms with Crippen LogP contribution in [0.25, 0.3) is 0 Å². The Morgan fingerprint density at radius 1 is 1.42 bits per heavy atom. The maximum absolute atomic E-state index is 12.6. The molecule has 0 saturated carbocycles. The summed E-state index contributed by atoms with van der Waals surface area (Å²) in [6, 6.07) is 2.61. The number of rotatable bonds is 3. The molecular weight excluding hydrogens is 281 g/mol. The molecule has 0 bridgehead atoms. The summed E-state index contributed by atoms with van der Waals surface area (Å²) in [7, 11) is 0. The maximum Gasteiger partial charge on any atom is 0.417 e. The van der Waals surface area contributed by atoms with Gasteiger partial charge in [-0.25, -0.2) is 4.79 Å². The van der Waals surface area contributed by atoms with Crippen molar-refractivity contribution in [1.82, 2.24) is 5.32 Å². The lowest BCUT2D eigenvalue weighted by Crippen LogP contribution is -2.35. The number of alkyl halides is 3. The normalized spacial score (nSPS) is 12.9. The smallest absolute Gasteiger partial charge is 0.335 e. The molecular formula is C12H14ClF3N2O. The number of benzene rings is 1. The molecule has 19 heavy (non-hydrogen) atoms. The third kappa shape index (κ3) is 4.63. The standard InChI is InChI=1S/C12H14ClF3N2O/c1-3-7(2)17-11(19)18-8-4-5-10(13)9(6-8)12(14,15)16/h4-7H,3H2,1-2H3,(H2,17,18,19). The second-order valence-electron chi connectivity index (χ2n) is 4.10. The second-order valence-corrected chi connectivity index (χ2v) is 4.51. The van der Waals surface area contributed by atoms with E-state index in [0.717, 1.165) is 18.6 Å². The molecule has 1 aromatic rings. The topological polar surface area (TPSA) is 41.1 Å². The zero-order chi connectivity index (χ0) is 14.6. The van der Waals surface area contributed by atoms with Crippen molar-refractivity contribution in [2.24, 2.45) is 0 Å². The number of hydrogen-bond donors (Lipinski definition) is 2. The van der Waals surface area contributed by atoms with Crippen molar-refractivity contribution < 1.29 is 18.0 Å². The second kappa shape index (κ2) is 6.14. The highest BCUT2D eigenvalue weighted by atomic mass is 35.5. The fraction of sp³-hybridized carbons (Fsp3) is 0.417. The molecule has 3 nitrogen and oxygen atoms in total. The monoisotopic (exact) mass is 294 g/mol. The zero-order valence-corrected chi connectivity index (χ0v) is 11.2. The van der Waals surface area contributed by atoms with Crippen molar-refractivity contribution in [2.75, 3.05) is 5.32 Å². The molecule has 0 radical (unpaired) electrons. The summed E-state index contributed by atoms with van der Waals surface area (Å²) in [4.78, 5) is 11.5. The van der Waals surface area contributed by atoms with Crippen molar-refractivity contribution in [1.29, 1.82) is 0 Å². The van der Waals surface area contributed by atoms with Crippen LogP contribution in [0.15, 0.2) is 18.2 Å². The Kier molecular flexibility index (Phi) is 5.05. The van der Waals surface area contributed by atoms with E-state index in [1.54, 1.807) is 6.92 Å². The van der Waals surface area contributed by atoms with Crippen LogP contribution in [-0.4, -0.2) is 12.1 Å². The fourth-order valence-electron chi connectivity index (χ4n) is 1.31. The SMILES string of the molecule is CCC(C)NC(=O)Nc1ccc(Cl)c(C(F)(F)F)c1. The lowest BCUT2D eigenvalue weighted by molar-refractivity contribution is -0.137. The van der Waals surface area contributed by atoms with Gasteiger partial charge in [-0.3, -0.25) is 0 Å². The van der Waals surface area contributed by atoms with E-state index < -0.39 is 22.8 Å². The van der Waals surface area contributed by atoms with Gasteiger partial charge in [0, 0.05) is 11.7 Å². The van der Waals surface area contributed by atoms with Crippen LogP contribution >= 0.6 is 11.6 Å². The summed E-state index contributed by atoms with van der Waals surface area (Å²) in [5.41, 5.74) is -0.937. The molecule has 1 atom stereocenters. The summed E-state index contributed by atoms with van der Waals surface area (Å²) < 4.78 is 37.9. The van der Waals surface area contributed by atoms with Gasteiger partial charge in [-0.05, 0) is 31.5 Å². The average Bonchev–Trinajstić information content (AvgIpc) is 2.29. The number of amides is 2. The first-order valence-corrected chi connectivity index (χ1v) is 6.06. The molecule has 0 spiro atoms. The number of hydrogen-bond acceptors (Lipinski definition) is 1. The van der Waals surface area contributed by atoms with Gasteiger partial charge in [0.15, 0.2) is 0 Å². The van der Waals surface area contributed by atoms with Crippen LogP contribution in [0.3, 0.4) is 0 Å². The van der Waals surface area contributed by atoms with Crippen molar-refractivity contribution in [3.63, 3.8) is 0 Å². The third-order valence-corrected chi connectivity index (χ3v) is 2.85. The van der Waals surface area contributed by atoms with Crippen molar-refractivity contribution in [2.45, 2.75) is 32.5 Å². The van der Waals surface area contributed by atoms with Gasteiger partial charge in [-0.1, -0.05) is 18.5 Å². The molecule has 1 rings (SSSR count). The molecule has 0 aliphatic rings. The molecule has 1 unspecified atom stereocenters. The van der Waals surface area contributed by atoms with Crippen LogP contribution < -0.4 is 10.6 Å². The van der Waals surface area contributed by atoms with Gasteiger partial charge in [0.25, 0.3) is 0 Å². The molecule has 2 N–H and O–H groups in total. The number of carbonyl (C=O) groups is 1. The minimum absolute atomic E-state index is 0.0394. The summed E-state index contributed by atoms with van der Waals surface area (Å²) in [6.45, 7) is 3.68. The summed E-state index contributed by atoms with van der Waals surface area (Å²) in [6.07, 6.45) is -3.83. The predicted molar refractivity (Wildman–Crippen MR) is 68.4 cm³/mol. The molecule has 0 aromatic heterocycles. The summed E-state index contributed by atoms with van der Waals surface area (Å²) in [5.74, 6) is 0. The van der Waals surface area contributed by atoms with Gasteiger partial charge in [0.1, 0.15) is 0 Å². The molecule has 0 fully saturated rings. The van der Waals surface area contributed by atoms with Crippen LogP contribution in [0.5, 0.6) is 0 Å². The van der Waals surface area contributed by atoms with Crippen molar-refractivity contribution >= 4 is 23.3 Å². The van der Waals surface area contributed by atoms with E-state index in [1.807, 2.05) is 6.92 Å². The first kappa shape index (κ1) is 15.6. The van der Waals surface area contributed by atoms with Gasteiger partial charge in [-0.2, -0.15) is 13.2 Å². The Hall–Kier alpha value is -1.43. The lowest BCUT2D eigenvalue weighted by Gasteiger charge is -2.14. The molecule has 0 heterocycles. The van der Waals surface area contributed by atoms with E-state index in [9.17, 15) is 18.0 Å². The van der Waals surface area contributed by atoms with Crippen molar-refractivity contribution in [3.05, 3.63) is 28.8 Å². The van der Waals surface area contributed by atoms with Gasteiger partial charge in [-0.15, -0.1) is 0 Å². The van der Waals surface area contributed by atoms with E-state index >= 15 is 0 Å². The highest BCUT2D eigenvalue weighted by Crippen LogP contribution is 2.36. The lowest BCUT2D eigenvalue weighted by atomic mass is 10.2. The van der Waals surface area contributed by atoms with Gasteiger partial charge < -0.3 is 10.6 Å². The molecule has 0 aliphatic heterocycles. The van der Waals surface area contributed by atoms with Crippen LogP contribution in [0.2, 0.25) is 5.02 Å². The predicted octanol–water partition coefficient (Wildman–Crippen LogP) is 4.28. The van der Waals surface area contributed by atoms with Gasteiger partial charge in [0.2, 0.25) is 0 Å². The minimum atomic E-state index is -4.55. The molecule has 7 heteroatoms. The number of carbonyl (C=O) groups excluding carboxylic acids is 1. The van der Waals surface area contributed by atoms with E-state index in [1.165, 1.54) is 6.07 Å². The Morgan fingerprint density at radius 3 is 2.58 bits per heavy atom. The van der Waals surface area contributed by atoms with E-state index in [-0.39, 0.29) is 11.7 Å². The Bertz CT molecular complexity index is 463. The molecule has 1 aromatic carbocycles. The highest BCUT2D eigenvalue weighted by molar-refractivity contribution is 6.31. The van der Waals surface area contributed by atoms with Crippen LogP contribution in [0.4, 0.5) is 23.7 Å². The number of halogens is 4. The van der Waals surface area contributed by atoms with Crippen LogP contribution in [0, 0.1) is 0 Å². The maximum atomic E-state index is 12.6. The summed E-state index contributed by atoms with van der Waals surface area (Å²) >= 11 is 5.48. The third-order valence-electron chi connectivity index (χ3n) is 2.52. The zero-order valence-electron chi connectivity index (χ0n) is 10.4.